The Kier molecular flexibility index (Phi) is 5.34. The number of carbonyl (C=O) groups excluding carboxylic acids is 1. The van der Waals surface area contributed by atoms with E-state index in [2.05, 4.69) is 20.1 Å². The van der Waals surface area contributed by atoms with Gasteiger partial charge in [0.2, 0.25) is 5.91 Å². The molecule has 7 heteroatoms. The lowest BCUT2D eigenvalue weighted by atomic mass is 9.87. The van der Waals surface area contributed by atoms with Crippen LogP contribution in [0.4, 0.5) is 5.69 Å². The highest BCUT2D eigenvalue weighted by Gasteiger charge is 2.27. The molecule has 0 spiro atoms. The zero-order valence-electron chi connectivity index (χ0n) is 15.6. The minimum Gasteiger partial charge on any atom is -0.325 e. The number of hydrogen-bond acceptors (Lipinski definition) is 4. The van der Waals surface area contributed by atoms with Crippen molar-refractivity contribution in [2.75, 3.05) is 5.32 Å². The van der Waals surface area contributed by atoms with Crippen molar-refractivity contribution in [1.29, 1.82) is 0 Å². The van der Waals surface area contributed by atoms with Gasteiger partial charge in [0, 0.05) is 24.2 Å². The van der Waals surface area contributed by atoms with Gasteiger partial charge in [0.1, 0.15) is 5.82 Å². The molecular weight excluding hydrogens is 350 g/mol. The summed E-state index contributed by atoms with van der Waals surface area (Å²) in [6.45, 7) is 6.71. The quantitative estimate of drug-likeness (QED) is 0.857. The molecule has 140 valence electrons. The Bertz CT molecular complexity index is 809. The van der Waals surface area contributed by atoms with Crippen LogP contribution in [0.5, 0.6) is 0 Å². The highest BCUT2D eigenvalue weighted by molar-refractivity contribution is 6.33. The molecule has 0 radical (unpaired) electrons. The number of nitrogens with one attached hydrogen (secondary N) is 1. The normalized spacial score (nSPS) is 15.9. The van der Waals surface area contributed by atoms with E-state index < -0.39 is 6.04 Å². The summed E-state index contributed by atoms with van der Waals surface area (Å²) in [7, 11) is 0. The maximum Gasteiger partial charge on any atom is 0.241 e. The monoisotopic (exact) mass is 375 g/mol. The zero-order chi connectivity index (χ0) is 18.9. The van der Waals surface area contributed by atoms with Gasteiger partial charge in [-0.05, 0) is 36.5 Å². The van der Waals surface area contributed by atoms with Gasteiger partial charge in [-0.25, -0.2) is 0 Å². The molecule has 1 aromatic carbocycles. The van der Waals surface area contributed by atoms with Crippen LogP contribution in [-0.2, 0) is 17.8 Å². The molecule has 0 saturated carbocycles. The first-order valence-corrected chi connectivity index (χ1v) is 9.43. The van der Waals surface area contributed by atoms with Gasteiger partial charge >= 0.3 is 0 Å². The molecule has 3 N–H and O–H groups in total. The molecule has 1 atom stereocenters. The molecule has 2 aromatic rings. The van der Waals surface area contributed by atoms with Crippen LogP contribution in [0, 0.1) is 5.41 Å². The third-order valence-electron chi connectivity index (χ3n) is 4.80. The number of aryl methyl sites for hydroxylation is 1. The van der Waals surface area contributed by atoms with Gasteiger partial charge in [0.05, 0.1) is 11.1 Å². The second-order valence-electron chi connectivity index (χ2n) is 7.93. The number of amides is 1. The summed E-state index contributed by atoms with van der Waals surface area (Å²) in [6, 6.07) is 4.79. The predicted octanol–water partition coefficient (Wildman–Crippen LogP) is 3.64. The van der Waals surface area contributed by atoms with Gasteiger partial charge in [-0.1, -0.05) is 38.8 Å². The van der Waals surface area contributed by atoms with Gasteiger partial charge in [0.25, 0.3) is 0 Å². The summed E-state index contributed by atoms with van der Waals surface area (Å²) < 4.78 is 2.14. The van der Waals surface area contributed by atoms with Crippen molar-refractivity contribution in [3.05, 3.63) is 29.0 Å². The number of carbonyl (C=O) groups is 1. The van der Waals surface area contributed by atoms with Crippen molar-refractivity contribution in [3.63, 3.8) is 0 Å². The molecule has 1 aliphatic rings. The van der Waals surface area contributed by atoms with Crippen molar-refractivity contribution in [1.82, 2.24) is 14.8 Å². The molecule has 26 heavy (non-hydrogen) atoms. The maximum absolute atomic E-state index is 12.4. The van der Waals surface area contributed by atoms with Crippen LogP contribution in [0.25, 0.3) is 11.4 Å². The lowest BCUT2D eigenvalue weighted by molar-refractivity contribution is -0.119. The van der Waals surface area contributed by atoms with E-state index in [-0.39, 0.29) is 11.3 Å². The van der Waals surface area contributed by atoms with E-state index >= 15 is 0 Å². The fraction of sp³-hybridized carbons (Fsp3) is 0.526. The van der Waals surface area contributed by atoms with Gasteiger partial charge in [-0.2, -0.15) is 0 Å². The van der Waals surface area contributed by atoms with Crippen molar-refractivity contribution < 1.29 is 4.79 Å². The summed E-state index contributed by atoms with van der Waals surface area (Å²) in [6.07, 6.45) is 4.36. The fourth-order valence-corrected chi connectivity index (χ4v) is 3.27. The number of nitrogens with zero attached hydrogens (tertiary/aromatic N) is 3. The Morgan fingerprint density at radius 2 is 2.04 bits per heavy atom. The van der Waals surface area contributed by atoms with Gasteiger partial charge < -0.3 is 15.6 Å². The van der Waals surface area contributed by atoms with Gasteiger partial charge in [-0.3, -0.25) is 4.79 Å². The van der Waals surface area contributed by atoms with E-state index in [1.807, 2.05) is 26.8 Å². The number of anilines is 1. The zero-order valence-corrected chi connectivity index (χ0v) is 16.3. The summed E-state index contributed by atoms with van der Waals surface area (Å²) in [4.78, 5) is 12.4. The van der Waals surface area contributed by atoms with E-state index in [4.69, 9.17) is 17.3 Å². The molecular formula is C19H26ClN5O. The molecule has 1 aliphatic heterocycles. The summed E-state index contributed by atoms with van der Waals surface area (Å²) in [5.74, 6) is 1.53. The second kappa shape index (κ2) is 7.37. The maximum atomic E-state index is 12.4. The highest BCUT2D eigenvalue weighted by Crippen LogP contribution is 2.31. The molecule has 0 bridgehead atoms. The predicted molar refractivity (Wildman–Crippen MR) is 104 cm³/mol. The Labute approximate surface area is 159 Å². The molecule has 1 aromatic heterocycles. The number of benzene rings is 1. The van der Waals surface area contributed by atoms with E-state index in [1.165, 1.54) is 6.42 Å². The van der Waals surface area contributed by atoms with Crippen LogP contribution in [-0.4, -0.2) is 26.7 Å². The first-order chi connectivity index (χ1) is 12.3. The number of nitrogens with two attached hydrogens (primary N) is 1. The van der Waals surface area contributed by atoms with Crippen LogP contribution in [0.1, 0.15) is 45.9 Å². The molecule has 0 aliphatic carbocycles. The van der Waals surface area contributed by atoms with Crippen LogP contribution in [0.15, 0.2) is 18.2 Å². The molecule has 0 unspecified atom stereocenters. The fourth-order valence-electron chi connectivity index (χ4n) is 3.07. The highest BCUT2D eigenvalue weighted by atomic mass is 35.5. The number of fused-ring (bicyclic) bond motifs is 1. The summed E-state index contributed by atoms with van der Waals surface area (Å²) in [5, 5.41) is 12.2. The van der Waals surface area contributed by atoms with E-state index in [9.17, 15) is 4.79 Å². The van der Waals surface area contributed by atoms with Crippen LogP contribution in [0.3, 0.4) is 0 Å². The van der Waals surface area contributed by atoms with Crippen molar-refractivity contribution in [2.24, 2.45) is 11.1 Å². The van der Waals surface area contributed by atoms with Crippen molar-refractivity contribution in [2.45, 2.75) is 59.0 Å². The number of rotatable bonds is 3. The summed E-state index contributed by atoms with van der Waals surface area (Å²) >= 11 is 6.42. The van der Waals surface area contributed by atoms with Gasteiger partial charge in [0.15, 0.2) is 5.82 Å². The molecule has 1 amide bonds. The molecule has 0 saturated heterocycles. The standard InChI is InChI=1S/C19H26ClN5O/c1-19(2,3)16(21)18(26)22-12-8-9-14(20)13(11-12)17-24-23-15-7-5-4-6-10-25(15)17/h8-9,11,16H,4-7,10,21H2,1-3H3,(H,22,26)/t16-/m1/s1. The topological polar surface area (TPSA) is 85.8 Å². The third-order valence-corrected chi connectivity index (χ3v) is 5.13. The van der Waals surface area contributed by atoms with E-state index in [1.54, 1.807) is 12.1 Å². The average molecular weight is 376 g/mol. The number of aromatic nitrogens is 3. The Hall–Kier alpha value is -1.92. The van der Waals surface area contributed by atoms with E-state index in [0.29, 0.717) is 10.7 Å². The first kappa shape index (κ1) is 18.9. The minimum atomic E-state index is -0.606. The molecule has 3 rings (SSSR count). The Morgan fingerprint density at radius 1 is 1.27 bits per heavy atom. The lowest BCUT2D eigenvalue weighted by Crippen LogP contribution is -2.45. The molecule has 0 fully saturated rings. The Morgan fingerprint density at radius 3 is 2.77 bits per heavy atom. The SMILES string of the molecule is CC(C)(C)[C@H](N)C(=O)Nc1ccc(Cl)c(-c2nnc3n2CCCCC3)c1. The third kappa shape index (κ3) is 3.91. The van der Waals surface area contributed by atoms with Crippen LogP contribution < -0.4 is 11.1 Å². The first-order valence-electron chi connectivity index (χ1n) is 9.06. The summed E-state index contributed by atoms with van der Waals surface area (Å²) in [5.41, 5.74) is 7.16. The van der Waals surface area contributed by atoms with Crippen LogP contribution >= 0.6 is 11.6 Å². The molecule has 2 heterocycles. The lowest BCUT2D eigenvalue weighted by Gasteiger charge is -2.25. The van der Waals surface area contributed by atoms with Crippen molar-refractivity contribution >= 4 is 23.2 Å². The minimum absolute atomic E-state index is 0.217. The smallest absolute Gasteiger partial charge is 0.241 e. The number of hydrogen-bond donors (Lipinski definition) is 2. The Balaban J connectivity index is 1.90. The molecule has 6 nitrogen and oxygen atoms in total. The van der Waals surface area contributed by atoms with Gasteiger partial charge in [-0.15, -0.1) is 10.2 Å². The number of halogens is 1. The average Bonchev–Trinajstić information content (AvgIpc) is 2.83. The van der Waals surface area contributed by atoms with Crippen molar-refractivity contribution in [3.8, 4) is 11.4 Å². The largest absolute Gasteiger partial charge is 0.325 e. The van der Waals surface area contributed by atoms with E-state index in [0.717, 1.165) is 43.0 Å². The van der Waals surface area contributed by atoms with Crippen LogP contribution in [0.2, 0.25) is 5.02 Å². The second-order valence-corrected chi connectivity index (χ2v) is 8.34.